The maximum atomic E-state index is 9.47. The van der Waals surface area contributed by atoms with E-state index in [-0.39, 0.29) is 0 Å². The van der Waals surface area contributed by atoms with Gasteiger partial charge in [-0.05, 0) is 68.7 Å². The molecule has 2 nitrogen and oxygen atoms in total. The molecule has 1 fully saturated rings. The van der Waals surface area contributed by atoms with Crippen molar-refractivity contribution in [3.8, 4) is 0 Å². The Morgan fingerprint density at radius 3 is 2.25 bits per heavy atom. The van der Waals surface area contributed by atoms with Crippen LogP contribution in [-0.4, -0.2) is 18.3 Å². The minimum Gasteiger partial charge on any atom is -0.396 e. The molecular formula is C18H29NO. The van der Waals surface area contributed by atoms with Crippen LogP contribution in [0.15, 0.2) is 12.1 Å². The molecule has 2 atom stereocenters. The van der Waals surface area contributed by atoms with Gasteiger partial charge >= 0.3 is 0 Å². The standard InChI is InChI=1S/C18H29NO/c1-13-8-14(2)18(15(3)9-13)11-19-10-16-6-4-5-7-17(16)12-20/h8-9,16-17,19-20H,4-7,10-12H2,1-3H3. The highest BCUT2D eigenvalue weighted by molar-refractivity contribution is 5.37. The highest BCUT2D eigenvalue weighted by atomic mass is 16.3. The lowest BCUT2D eigenvalue weighted by Gasteiger charge is -2.30. The Hall–Kier alpha value is -0.860. The first-order chi connectivity index (χ1) is 9.61. The lowest BCUT2D eigenvalue weighted by Crippen LogP contribution is -2.32. The van der Waals surface area contributed by atoms with Gasteiger partial charge in [0.1, 0.15) is 0 Å². The highest BCUT2D eigenvalue weighted by Gasteiger charge is 2.23. The first-order valence-corrected chi connectivity index (χ1v) is 8.00. The highest BCUT2D eigenvalue weighted by Crippen LogP contribution is 2.29. The van der Waals surface area contributed by atoms with Crippen LogP contribution in [0.5, 0.6) is 0 Å². The zero-order valence-electron chi connectivity index (χ0n) is 13.2. The van der Waals surface area contributed by atoms with Crippen molar-refractivity contribution in [2.24, 2.45) is 11.8 Å². The van der Waals surface area contributed by atoms with Crippen molar-refractivity contribution in [3.05, 3.63) is 34.4 Å². The number of rotatable bonds is 5. The van der Waals surface area contributed by atoms with Crippen molar-refractivity contribution >= 4 is 0 Å². The van der Waals surface area contributed by atoms with Gasteiger partial charge < -0.3 is 10.4 Å². The van der Waals surface area contributed by atoms with Gasteiger partial charge in [0.05, 0.1) is 0 Å². The van der Waals surface area contributed by atoms with E-state index in [4.69, 9.17) is 0 Å². The van der Waals surface area contributed by atoms with Gasteiger partial charge in [-0.25, -0.2) is 0 Å². The number of aryl methyl sites for hydroxylation is 3. The predicted octanol–water partition coefficient (Wildman–Crippen LogP) is 3.50. The summed E-state index contributed by atoms with van der Waals surface area (Å²) in [7, 11) is 0. The molecule has 0 radical (unpaired) electrons. The molecule has 0 bridgehead atoms. The molecule has 2 N–H and O–H groups in total. The topological polar surface area (TPSA) is 32.3 Å². The lowest BCUT2D eigenvalue weighted by molar-refractivity contribution is 0.133. The second kappa shape index (κ2) is 7.24. The summed E-state index contributed by atoms with van der Waals surface area (Å²) < 4.78 is 0. The van der Waals surface area contributed by atoms with E-state index in [0.29, 0.717) is 18.4 Å². The molecule has 1 aromatic rings. The molecule has 0 aliphatic heterocycles. The van der Waals surface area contributed by atoms with Crippen molar-refractivity contribution in [2.75, 3.05) is 13.2 Å². The van der Waals surface area contributed by atoms with Gasteiger partial charge in [-0.1, -0.05) is 30.5 Å². The summed E-state index contributed by atoms with van der Waals surface area (Å²) in [6, 6.07) is 4.53. The maximum Gasteiger partial charge on any atom is 0.0462 e. The number of aliphatic hydroxyl groups is 1. The van der Waals surface area contributed by atoms with Gasteiger partial charge in [0.2, 0.25) is 0 Å². The normalized spacial score (nSPS) is 23.0. The zero-order valence-corrected chi connectivity index (χ0v) is 13.2. The van der Waals surface area contributed by atoms with E-state index in [1.807, 2.05) is 0 Å². The number of hydrogen-bond donors (Lipinski definition) is 2. The van der Waals surface area contributed by atoms with Gasteiger partial charge in [0.25, 0.3) is 0 Å². The summed E-state index contributed by atoms with van der Waals surface area (Å²) in [5.41, 5.74) is 5.55. The van der Waals surface area contributed by atoms with Crippen molar-refractivity contribution in [1.29, 1.82) is 0 Å². The van der Waals surface area contributed by atoms with Crippen LogP contribution in [-0.2, 0) is 6.54 Å². The van der Waals surface area contributed by atoms with E-state index in [1.54, 1.807) is 0 Å². The largest absolute Gasteiger partial charge is 0.396 e. The smallest absolute Gasteiger partial charge is 0.0462 e. The maximum absolute atomic E-state index is 9.47. The third-order valence-corrected chi connectivity index (χ3v) is 4.85. The molecule has 0 aromatic heterocycles. The summed E-state index contributed by atoms with van der Waals surface area (Å²) in [5.74, 6) is 1.16. The minimum absolute atomic E-state index is 0.356. The lowest BCUT2D eigenvalue weighted by atomic mass is 9.79. The van der Waals surface area contributed by atoms with E-state index < -0.39 is 0 Å². The van der Waals surface area contributed by atoms with Crippen molar-refractivity contribution in [3.63, 3.8) is 0 Å². The molecule has 2 heteroatoms. The van der Waals surface area contributed by atoms with Crippen LogP contribution < -0.4 is 5.32 Å². The summed E-state index contributed by atoms with van der Waals surface area (Å²) in [5, 5.41) is 13.1. The monoisotopic (exact) mass is 275 g/mol. The molecule has 2 unspecified atom stereocenters. The summed E-state index contributed by atoms with van der Waals surface area (Å²) in [6.07, 6.45) is 5.08. The second-order valence-corrected chi connectivity index (χ2v) is 6.50. The third-order valence-electron chi connectivity index (χ3n) is 4.85. The minimum atomic E-state index is 0.356. The average molecular weight is 275 g/mol. The van der Waals surface area contributed by atoms with E-state index in [2.05, 4.69) is 38.2 Å². The van der Waals surface area contributed by atoms with Gasteiger partial charge in [0.15, 0.2) is 0 Å². The molecule has 20 heavy (non-hydrogen) atoms. The molecule has 1 aliphatic rings. The Balaban J connectivity index is 1.89. The van der Waals surface area contributed by atoms with Crippen LogP contribution in [0.1, 0.15) is 47.9 Å². The number of nitrogens with one attached hydrogen (secondary N) is 1. The quantitative estimate of drug-likeness (QED) is 0.862. The first-order valence-electron chi connectivity index (χ1n) is 8.00. The zero-order chi connectivity index (χ0) is 14.5. The molecule has 112 valence electrons. The SMILES string of the molecule is Cc1cc(C)c(CNCC2CCCCC2CO)c(C)c1. The molecule has 1 aromatic carbocycles. The third kappa shape index (κ3) is 3.83. The van der Waals surface area contributed by atoms with E-state index in [9.17, 15) is 5.11 Å². The van der Waals surface area contributed by atoms with E-state index in [1.165, 1.54) is 47.9 Å². The number of benzene rings is 1. The Kier molecular flexibility index (Phi) is 5.62. The Bertz CT molecular complexity index is 418. The molecule has 0 amide bonds. The molecular weight excluding hydrogens is 246 g/mol. The van der Waals surface area contributed by atoms with E-state index >= 15 is 0 Å². The van der Waals surface area contributed by atoms with Crippen LogP contribution >= 0.6 is 0 Å². The van der Waals surface area contributed by atoms with Crippen molar-refractivity contribution in [2.45, 2.75) is 53.0 Å². The molecule has 1 saturated carbocycles. The fourth-order valence-corrected chi connectivity index (χ4v) is 3.66. The molecule has 0 spiro atoms. The van der Waals surface area contributed by atoms with Gasteiger partial charge in [0, 0.05) is 13.2 Å². The van der Waals surface area contributed by atoms with Crippen molar-refractivity contribution in [1.82, 2.24) is 5.32 Å². The van der Waals surface area contributed by atoms with Crippen LogP contribution in [0.3, 0.4) is 0 Å². The Labute approximate surface area is 123 Å². The molecule has 2 rings (SSSR count). The fraction of sp³-hybridized carbons (Fsp3) is 0.667. The first kappa shape index (κ1) is 15.5. The molecule has 0 heterocycles. The fourth-order valence-electron chi connectivity index (χ4n) is 3.66. The van der Waals surface area contributed by atoms with Crippen LogP contribution in [0.2, 0.25) is 0 Å². The molecule has 0 saturated heterocycles. The van der Waals surface area contributed by atoms with Crippen molar-refractivity contribution < 1.29 is 5.11 Å². The van der Waals surface area contributed by atoms with Crippen LogP contribution in [0.4, 0.5) is 0 Å². The predicted molar refractivity (Wildman–Crippen MR) is 84.9 cm³/mol. The van der Waals surface area contributed by atoms with Crippen LogP contribution in [0.25, 0.3) is 0 Å². The Morgan fingerprint density at radius 2 is 1.65 bits per heavy atom. The van der Waals surface area contributed by atoms with Crippen LogP contribution in [0, 0.1) is 32.6 Å². The average Bonchev–Trinajstić information content (AvgIpc) is 2.42. The van der Waals surface area contributed by atoms with Gasteiger partial charge in [-0.15, -0.1) is 0 Å². The number of hydrogen-bond acceptors (Lipinski definition) is 2. The van der Waals surface area contributed by atoms with Gasteiger partial charge in [-0.2, -0.15) is 0 Å². The molecule has 1 aliphatic carbocycles. The summed E-state index contributed by atoms with van der Waals surface area (Å²) in [4.78, 5) is 0. The Morgan fingerprint density at radius 1 is 1.05 bits per heavy atom. The van der Waals surface area contributed by atoms with E-state index in [0.717, 1.165) is 13.1 Å². The second-order valence-electron chi connectivity index (χ2n) is 6.50. The summed E-state index contributed by atoms with van der Waals surface area (Å²) >= 11 is 0. The summed E-state index contributed by atoms with van der Waals surface area (Å²) in [6.45, 7) is 8.91. The van der Waals surface area contributed by atoms with Gasteiger partial charge in [-0.3, -0.25) is 0 Å². The number of aliphatic hydroxyl groups excluding tert-OH is 1.